The first-order chi connectivity index (χ1) is 13.2. The number of carbonyl (C=O) groups excluding carboxylic acids is 1. The Morgan fingerprint density at radius 1 is 1.44 bits per heavy atom. The number of methoxy groups -OCH3 is 1. The minimum absolute atomic E-state index is 0.0152. The number of nitrogens with one attached hydrogen (secondary N) is 2. The average molecular weight is 382 g/mol. The van der Waals surface area contributed by atoms with E-state index in [1.54, 1.807) is 13.3 Å². The molecule has 3 heterocycles. The van der Waals surface area contributed by atoms with Gasteiger partial charge in [-0.25, -0.2) is 4.98 Å². The number of amides is 1. The first-order valence-electron chi connectivity index (χ1n) is 8.94. The van der Waals surface area contributed by atoms with Crippen LogP contribution in [0.1, 0.15) is 18.9 Å². The van der Waals surface area contributed by atoms with E-state index in [4.69, 9.17) is 4.74 Å². The number of rotatable bonds is 5. The van der Waals surface area contributed by atoms with E-state index in [0.717, 1.165) is 30.8 Å². The number of benzene rings is 1. The predicted molar refractivity (Wildman–Crippen MR) is 109 cm³/mol. The molecule has 2 aromatic heterocycles. The van der Waals surface area contributed by atoms with Gasteiger partial charge in [-0.2, -0.15) is 0 Å². The molecular formula is C20H22N4O2S. The molecule has 0 radical (unpaired) electrons. The Labute approximate surface area is 161 Å². The molecule has 0 bridgehead atoms. The Hall–Kier alpha value is -2.64. The summed E-state index contributed by atoms with van der Waals surface area (Å²) in [6.45, 7) is 3.53. The molecule has 1 atom stereocenters. The molecule has 1 aromatic carbocycles. The van der Waals surface area contributed by atoms with Crippen LogP contribution in [-0.2, 0) is 4.79 Å². The van der Waals surface area contributed by atoms with E-state index in [1.165, 1.54) is 27.9 Å². The Kier molecular flexibility index (Phi) is 4.96. The second-order valence-electron chi connectivity index (χ2n) is 6.59. The largest absolute Gasteiger partial charge is 0.497 e. The quantitative estimate of drug-likeness (QED) is 0.705. The van der Waals surface area contributed by atoms with Crippen molar-refractivity contribution in [1.29, 1.82) is 0 Å². The molecule has 2 N–H and O–H groups in total. The van der Waals surface area contributed by atoms with Crippen LogP contribution in [-0.4, -0.2) is 47.0 Å². The van der Waals surface area contributed by atoms with Crippen LogP contribution >= 0.6 is 11.3 Å². The maximum absolute atomic E-state index is 12.4. The molecule has 6 nitrogen and oxygen atoms in total. The lowest BCUT2D eigenvalue weighted by atomic mass is 9.98. The van der Waals surface area contributed by atoms with Gasteiger partial charge in [0.2, 0.25) is 5.91 Å². The lowest BCUT2D eigenvalue weighted by molar-refractivity contribution is -0.120. The van der Waals surface area contributed by atoms with Gasteiger partial charge in [-0.05, 0) is 37.1 Å². The van der Waals surface area contributed by atoms with Gasteiger partial charge in [-0.15, -0.1) is 11.3 Å². The second kappa shape index (κ2) is 7.54. The molecule has 4 rings (SSSR count). The molecule has 3 aromatic rings. The molecule has 0 fully saturated rings. The highest BCUT2D eigenvalue weighted by atomic mass is 32.1. The summed E-state index contributed by atoms with van der Waals surface area (Å²) >= 11 is 1.43. The molecule has 7 heteroatoms. The average Bonchev–Trinajstić information content (AvgIpc) is 3.36. The van der Waals surface area contributed by atoms with E-state index < -0.39 is 0 Å². The molecule has 1 aliphatic heterocycles. The summed E-state index contributed by atoms with van der Waals surface area (Å²) in [4.78, 5) is 22.1. The third-order valence-corrected chi connectivity index (χ3v) is 5.75. The van der Waals surface area contributed by atoms with Crippen molar-refractivity contribution in [3.63, 3.8) is 0 Å². The van der Waals surface area contributed by atoms with Crippen LogP contribution in [0.3, 0.4) is 0 Å². The van der Waals surface area contributed by atoms with Gasteiger partial charge in [0.15, 0.2) is 5.13 Å². The van der Waals surface area contributed by atoms with Crippen LogP contribution in [0.25, 0.3) is 16.5 Å². The number of ether oxygens (including phenoxy) is 1. The van der Waals surface area contributed by atoms with Gasteiger partial charge in [-0.3, -0.25) is 9.69 Å². The van der Waals surface area contributed by atoms with Crippen molar-refractivity contribution < 1.29 is 9.53 Å². The fourth-order valence-corrected chi connectivity index (χ4v) is 3.97. The number of H-pyrrole nitrogens is 1. The summed E-state index contributed by atoms with van der Waals surface area (Å²) < 4.78 is 5.36. The predicted octanol–water partition coefficient (Wildman–Crippen LogP) is 3.75. The summed E-state index contributed by atoms with van der Waals surface area (Å²) in [7, 11) is 1.68. The number of carbonyl (C=O) groups is 1. The van der Waals surface area contributed by atoms with Crippen LogP contribution in [0.5, 0.6) is 5.75 Å². The number of thiazole rings is 1. The number of fused-ring (bicyclic) bond motifs is 1. The lowest BCUT2D eigenvalue weighted by Crippen LogP contribution is -2.44. The van der Waals surface area contributed by atoms with E-state index in [-0.39, 0.29) is 11.9 Å². The number of aromatic nitrogens is 2. The van der Waals surface area contributed by atoms with E-state index >= 15 is 0 Å². The topological polar surface area (TPSA) is 70.2 Å². The summed E-state index contributed by atoms with van der Waals surface area (Å²) in [5.74, 6) is 0.840. The highest BCUT2D eigenvalue weighted by Gasteiger charge is 2.24. The molecule has 1 amide bonds. The number of hydrogen-bond acceptors (Lipinski definition) is 5. The van der Waals surface area contributed by atoms with Gasteiger partial charge < -0.3 is 15.0 Å². The van der Waals surface area contributed by atoms with E-state index in [0.29, 0.717) is 5.13 Å². The van der Waals surface area contributed by atoms with Crippen molar-refractivity contribution in [2.24, 2.45) is 0 Å². The van der Waals surface area contributed by atoms with Gasteiger partial charge in [0.25, 0.3) is 0 Å². The van der Waals surface area contributed by atoms with Gasteiger partial charge in [0.05, 0.1) is 13.2 Å². The van der Waals surface area contributed by atoms with Crippen molar-refractivity contribution in [3.05, 3.63) is 47.6 Å². The zero-order chi connectivity index (χ0) is 18.8. The molecule has 0 saturated heterocycles. The third-order valence-electron chi connectivity index (χ3n) is 5.07. The SMILES string of the molecule is COc1ccc2[nH]cc(C3=CCN(C(C)C(=O)Nc4nccs4)CC3)c2c1. The first kappa shape index (κ1) is 17.8. The van der Waals surface area contributed by atoms with E-state index in [2.05, 4.69) is 38.5 Å². The standard InChI is InChI=1S/C20H22N4O2S/c1-13(19(25)23-20-21-7-10-27-20)24-8-5-14(6-9-24)17-12-22-18-4-3-15(26-2)11-16(17)18/h3-5,7,10-13,22H,6,8-9H2,1-2H3,(H,21,23,25). The van der Waals surface area contributed by atoms with Crippen molar-refractivity contribution in [2.75, 3.05) is 25.5 Å². The van der Waals surface area contributed by atoms with Gasteiger partial charge in [0, 0.05) is 47.3 Å². The number of nitrogens with zero attached hydrogens (tertiary/aromatic N) is 2. The van der Waals surface area contributed by atoms with Crippen molar-refractivity contribution >= 4 is 38.9 Å². The summed E-state index contributed by atoms with van der Waals surface area (Å²) in [6.07, 6.45) is 6.87. The normalized spacial score (nSPS) is 16.1. The smallest absolute Gasteiger partial charge is 0.243 e. The molecule has 1 unspecified atom stereocenters. The van der Waals surface area contributed by atoms with Crippen LogP contribution < -0.4 is 10.1 Å². The fraction of sp³-hybridized carbons (Fsp3) is 0.300. The molecule has 0 aliphatic carbocycles. The van der Waals surface area contributed by atoms with Crippen LogP contribution in [0.2, 0.25) is 0 Å². The molecule has 0 spiro atoms. The Bertz CT molecular complexity index is 977. The number of aromatic amines is 1. The van der Waals surface area contributed by atoms with Crippen LogP contribution in [0.15, 0.2) is 42.0 Å². The highest BCUT2D eigenvalue weighted by molar-refractivity contribution is 7.13. The lowest BCUT2D eigenvalue weighted by Gasteiger charge is -2.30. The maximum Gasteiger partial charge on any atom is 0.243 e. The van der Waals surface area contributed by atoms with E-state index in [9.17, 15) is 4.79 Å². The Morgan fingerprint density at radius 3 is 3.04 bits per heavy atom. The molecule has 1 aliphatic rings. The number of hydrogen-bond donors (Lipinski definition) is 2. The fourth-order valence-electron chi connectivity index (χ4n) is 3.43. The molecule has 0 saturated carbocycles. The zero-order valence-corrected chi connectivity index (χ0v) is 16.2. The Morgan fingerprint density at radius 2 is 2.33 bits per heavy atom. The van der Waals surface area contributed by atoms with Crippen molar-refractivity contribution in [1.82, 2.24) is 14.9 Å². The first-order valence-corrected chi connectivity index (χ1v) is 9.82. The number of anilines is 1. The minimum Gasteiger partial charge on any atom is -0.497 e. The summed E-state index contributed by atoms with van der Waals surface area (Å²) in [6, 6.07) is 5.87. The summed E-state index contributed by atoms with van der Waals surface area (Å²) in [5.41, 5.74) is 3.62. The van der Waals surface area contributed by atoms with Gasteiger partial charge in [-0.1, -0.05) is 6.08 Å². The van der Waals surface area contributed by atoms with Crippen molar-refractivity contribution in [2.45, 2.75) is 19.4 Å². The monoisotopic (exact) mass is 382 g/mol. The Balaban J connectivity index is 1.47. The zero-order valence-electron chi connectivity index (χ0n) is 15.4. The van der Waals surface area contributed by atoms with Crippen LogP contribution in [0.4, 0.5) is 5.13 Å². The highest BCUT2D eigenvalue weighted by Crippen LogP contribution is 2.31. The van der Waals surface area contributed by atoms with Gasteiger partial charge in [0.1, 0.15) is 5.75 Å². The molecule has 27 heavy (non-hydrogen) atoms. The van der Waals surface area contributed by atoms with Crippen LogP contribution in [0, 0.1) is 0 Å². The molecule has 140 valence electrons. The molecular weight excluding hydrogens is 360 g/mol. The van der Waals surface area contributed by atoms with Gasteiger partial charge >= 0.3 is 0 Å². The van der Waals surface area contributed by atoms with Crippen molar-refractivity contribution in [3.8, 4) is 5.75 Å². The van der Waals surface area contributed by atoms with E-state index in [1.807, 2.05) is 24.4 Å². The minimum atomic E-state index is -0.199. The summed E-state index contributed by atoms with van der Waals surface area (Å²) in [5, 5.41) is 6.55. The maximum atomic E-state index is 12.4. The third kappa shape index (κ3) is 3.61. The second-order valence-corrected chi connectivity index (χ2v) is 7.49.